The molecule has 0 spiro atoms. The lowest BCUT2D eigenvalue weighted by Gasteiger charge is -2.22. The fraction of sp³-hybridized carbons (Fsp3) is 0.417. The molecule has 0 aliphatic heterocycles. The molecule has 0 aliphatic rings. The first-order valence-electron chi connectivity index (χ1n) is 5.49. The van der Waals surface area contributed by atoms with E-state index in [1.807, 2.05) is 0 Å². The van der Waals surface area contributed by atoms with Gasteiger partial charge in [-0.25, -0.2) is 13.2 Å². The van der Waals surface area contributed by atoms with E-state index in [-0.39, 0.29) is 18.7 Å². The summed E-state index contributed by atoms with van der Waals surface area (Å²) in [7, 11) is 0. The van der Waals surface area contributed by atoms with Crippen LogP contribution in [0.4, 0.5) is 13.2 Å². The normalized spacial score (nSPS) is 10.8. The number of aryl methyl sites for hydroxylation is 1. The number of hydrogen-bond acceptors (Lipinski definition) is 2. The van der Waals surface area contributed by atoms with Crippen molar-refractivity contribution >= 4 is 5.91 Å². The topological polar surface area (TPSA) is 46.3 Å². The average Bonchev–Trinajstić information content (AvgIpc) is 2.30. The summed E-state index contributed by atoms with van der Waals surface area (Å²) in [5, 5.41) is 0. The molecule has 18 heavy (non-hydrogen) atoms. The van der Waals surface area contributed by atoms with Gasteiger partial charge in [-0.3, -0.25) is 4.79 Å². The number of nitrogens with two attached hydrogens (primary N) is 1. The molecule has 1 amide bonds. The first-order valence-corrected chi connectivity index (χ1v) is 5.49. The number of nitrogens with zero attached hydrogens (tertiary/aromatic N) is 1. The van der Waals surface area contributed by atoms with E-state index in [9.17, 15) is 18.0 Å². The van der Waals surface area contributed by atoms with Crippen molar-refractivity contribution in [3.63, 3.8) is 0 Å². The molecule has 1 rings (SSSR count). The Morgan fingerprint density at radius 3 is 2.67 bits per heavy atom. The molecule has 100 valence electrons. The average molecular weight is 260 g/mol. The number of halogens is 3. The molecule has 0 fully saturated rings. The molecule has 0 atom stereocenters. The maximum atomic E-state index is 13.1. The smallest absolute Gasteiger partial charge is 0.255 e. The van der Waals surface area contributed by atoms with E-state index in [1.54, 1.807) is 6.92 Å². The van der Waals surface area contributed by atoms with E-state index in [0.29, 0.717) is 5.56 Å². The number of carbonyl (C=O) groups is 1. The monoisotopic (exact) mass is 260 g/mol. The van der Waals surface area contributed by atoms with Crippen molar-refractivity contribution in [3.8, 4) is 0 Å². The van der Waals surface area contributed by atoms with Gasteiger partial charge >= 0.3 is 0 Å². The molecule has 2 N–H and O–H groups in total. The molecule has 0 saturated carbocycles. The van der Waals surface area contributed by atoms with Crippen molar-refractivity contribution in [1.29, 1.82) is 0 Å². The Kier molecular flexibility index (Phi) is 5.15. The summed E-state index contributed by atoms with van der Waals surface area (Å²) < 4.78 is 37.8. The number of rotatable bonds is 5. The molecular formula is C12H15F3N2O. The SMILES string of the molecule is Cc1ccc(F)cc1C(=O)N(CCN)CC(F)F. The second-order valence-electron chi connectivity index (χ2n) is 3.89. The molecule has 3 nitrogen and oxygen atoms in total. The third-order valence-electron chi connectivity index (χ3n) is 2.47. The largest absolute Gasteiger partial charge is 0.332 e. The second kappa shape index (κ2) is 6.39. The number of hydrogen-bond donors (Lipinski definition) is 1. The summed E-state index contributed by atoms with van der Waals surface area (Å²) in [6.07, 6.45) is -2.64. The highest BCUT2D eigenvalue weighted by Gasteiger charge is 2.20. The number of benzene rings is 1. The molecule has 0 aromatic heterocycles. The Morgan fingerprint density at radius 1 is 1.44 bits per heavy atom. The Hall–Kier alpha value is -1.56. The van der Waals surface area contributed by atoms with Crippen LogP contribution < -0.4 is 5.73 Å². The Morgan fingerprint density at radius 2 is 2.11 bits per heavy atom. The minimum absolute atomic E-state index is 0.0130. The summed E-state index contributed by atoms with van der Waals surface area (Å²) in [6, 6.07) is 3.70. The third-order valence-corrected chi connectivity index (χ3v) is 2.47. The third kappa shape index (κ3) is 3.73. The number of alkyl halides is 2. The van der Waals surface area contributed by atoms with Crippen molar-refractivity contribution in [3.05, 3.63) is 35.1 Å². The van der Waals surface area contributed by atoms with Crippen LogP contribution in [0.3, 0.4) is 0 Å². The van der Waals surface area contributed by atoms with E-state index < -0.39 is 24.7 Å². The Labute approximate surface area is 103 Å². The first-order chi connectivity index (χ1) is 8.45. The lowest BCUT2D eigenvalue weighted by molar-refractivity contribution is 0.0562. The molecule has 0 aliphatic carbocycles. The van der Waals surface area contributed by atoms with E-state index >= 15 is 0 Å². The fourth-order valence-electron chi connectivity index (χ4n) is 1.59. The maximum Gasteiger partial charge on any atom is 0.255 e. The first kappa shape index (κ1) is 14.5. The van der Waals surface area contributed by atoms with E-state index in [2.05, 4.69) is 0 Å². The predicted octanol–water partition coefficient (Wildman–Crippen LogP) is 1.80. The van der Waals surface area contributed by atoms with Gasteiger partial charge in [0, 0.05) is 18.7 Å². The van der Waals surface area contributed by atoms with E-state index in [4.69, 9.17) is 5.73 Å². The van der Waals surface area contributed by atoms with Crippen LogP contribution in [-0.4, -0.2) is 36.9 Å². The van der Waals surface area contributed by atoms with Crippen LogP contribution in [0.15, 0.2) is 18.2 Å². The van der Waals surface area contributed by atoms with Crippen molar-refractivity contribution in [2.75, 3.05) is 19.6 Å². The standard InChI is InChI=1S/C12H15F3N2O/c1-8-2-3-9(13)6-10(8)12(18)17(5-4-16)7-11(14)15/h2-3,6,11H,4-5,7,16H2,1H3. The molecule has 1 aromatic rings. The van der Waals surface area contributed by atoms with Crippen LogP contribution in [0.2, 0.25) is 0 Å². The van der Waals surface area contributed by atoms with Gasteiger partial charge in [0.05, 0.1) is 6.54 Å². The Balaban J connectivity index is 2.97. The number of carbonyl (C=O) groups excluding carboxylic acids is 1. The van der Waals surface area contributed by atoms with Gasteiger partial charge in [0.2, 0.25) is 0 Å². The molecule has 6 heteroatoms. The molecule has 0 bridgehead atoms. The Bertz CT molecular complexity index is 424. The zero-order valence-electron chi connectivity index (χ0n) is 10.00. The minimum Gasteiger partial charge on any atom is -0.332 e. The summed E-state index contributed by atoms with van der Waals surface area (Å²) in [5.41, 5.74) is 5.90. The molecule has 0 radical (unpaired) electrons. The zero-order valence-corrected chi connectivity index (χ0v) is 10.00. The minimum atomic E-state index is -2.64. The van der Waals surface area contributed by atoms with Crippen molar-refractivity contribution in [1.82, 2.24) is 4.90 Å². The van der Waals surface area contributed by atoms with Crippen molar-refractivity contribution < 1.29 is 18.0 Å². The lowest BCUT2D eigenvalue weighted by Crippen LogP contribution is -2.39. The summed E-state index contributed by atoms with van der Waals surface area (Å²) in [4.78, 5) is 13.0. The molecule has 1 aromatic carbocycles. The number of amides is 1. The van der Waals surface area contributed by atoms with E-state index in [0.717, 1.165) is 11.0 Å². The van der Waals surface area contributed by atoms with Crippen LogP contribution in [0.1, 0.15) is 15.9 Å². The predicted molar refractivity (Wildman–Crippen MR) is 62.1 cm³/mol. The highest BCUT2D eigenvalue weighted by atomic mass is 19.3. The van der Waals surface area contributed by atoms with Gasteiger partial charge in [-0.05, 0) is 24.6 Å². The van der Waals surface area contributed by atoms with Crippen LogP contribution in [-0.2, 0) is 0 Å². The highest BCUT2D eigenvalue weighted by Crippen LogP contribution is 2.14. The fourth-order valence-corrected chi connectivity index (χ4v) is 1.59. The summed E-state index contributed by atoms with van der Waals surface area (Å²) >= 11 is 0. The van der Waals surface area contributed by atoms with Gasteiger partial charge in [-0.2, -0.15) is 0 Å². The van der Waals surface area contributed by atoms with Gasteiger partial charge in [-0.1, -0.05) is 6.07 Å². The summed E-state index contributed by atoms with van der Waals surface area (Å²) in [5.74, 6) is -1.20. The van der Waals surface area contributed by atoms with Crippen molar-refractivity contribution in [2.24, 2.45) is 5.73 Å². The second-order valence-corrected chi connectivity index (χ2v) is 3.89. The molecule has 0 heterocycles. The molecule has 0 saturated heterocycles. The zero-order chi connectivity index (χ0) is 13.7. The highest BCUT2D eigenvalue weighted by molar-refractivity contribution is 5.95. The van der Waals surface area contributed by atoms with Crippen LogP contribution in [0, 0.1) is 12.7 Å². The molecule has 0 unspecified atom stereocenters. The summed E-state index contributed by atoms with van der Waals surface area (Å²) in [6.45, 7) is 1.01. The van der Waals surface area contributed by atoms with Gasteiger partial charge < -0.3 is 10.6 Å². The van der Waals surface area contributed by atoms with Crippen molar-refractivity contribution in [2.45, 2.75) is 13.3 Å². The van der Waals surface area contributed by atoms with Gasteiger partial charge in [0.1, 0.15) is 5.82 Å². The quantitative estimate of drug-likeness (QED) is 0.877. The van der Waals surface area contributed by atoms with E-state index in [1.165, 1.54) is 12.1 Å². The van der Waals surface area contributed by atoms with Gasteiger partial charge in [0.15, 0.2) is 0 Å². The van der Waals surface area contributed by atoms with Gasteiger partial charge in [0.25, 0.3) is 12.3 Å². The maximum absolute atomic E-state index is 13.1. The van der Waals surface area contributed by atoms with Gasteiger partial charge in [-0.15, -0.1) is 0 Å². The van der Waals surface area contributed by atoms with Crippen LogP contribution in [0.5, 0.6) is 0 Å². The van der Waals surface area contributed by atoms with Crippen LogP contribution in [0.25, 0.3) is 0 Å². The lowest BCUT2D eigenvalue weighted by atomic mass is 10.1. The van der Waals surface area contributed by atoms with Crippen LogP contribution >= 0.6 is 0 Å². The molecular weight excluding hydrogens is 245 g/mol.